The Hall–Kier alpha value is -0.120. The highest BCUT2D eigenvalue weighted by Gasteiger charge is 2.34. The van der Waals surface area contributed by atoms with Crippen molar-refractivity contribution in [3.05, 3.63) is 0 Å². The Morgan fingerprint density at radius 3 is 2.38 bits per heavy atom. The van der Waals surface area contributed by atoms with Crippen molar-refractivity contribution in [2.24, 2.45) is 4.99 Å². The maximum absolute atomic E-state index is 5.57. The molecule has 0 unspecified atom stereocenters. The number of halogens is 1. The summed E-state index contributed by atoms with van der Waals surface area (Å²) in [7, 11) is 4.34. The van der Waals surface area contributed by atoms with Crippen LogP contribution in [0.15, 0.2) is 4.99 Å². The SMILES string of the molecule is CCCN1CCC(NC(=NCC2(N(C)C)CCOCC2)NCC)CC1.I. The number of likely N-dealkylation sites (tertiary alicyclic amines) is 1. The molecule has 7 heteroatoms. The number of aliphatic imine (C=N–C) groups is 1. The minimum Gasteiger partial charge on any atom is -0.381 e. The van der Waals surface area contributed by atoms with Crippen LogP contribution in [0.1, 0.15) is 46.0 Å². The number of rotatable bonds is 7. The normalized spacial score (nSPS) is 22.1. The van der Waals surface area contributed by atoms with E-state index in [1.54, 1.807) is 0 Å². The van der Waals surface area contributed by atoms with Gasteiger partial charge >= 0.3 is 0 Å². The molecule has 2 fully saturated rings. The van der Waals surface area contributed by atoms with E-state index in [2.05, 4.69) is 48.4 Å². The average molecular weight is 481 g/mol. The zero-order chi connectivity index (χ0) is 18.1. The van der Waals surface area contributed by atoms with Gasteiger partial charge < -0.3 is 25.2 Å². The van der Waals surface area contributed by atoms with E-state index in [-0.39, 0.29) is 29.5 Å². The molecule has 0 saturated carbocycles. The first-order valence-corrected chi connectivity index (χ1v) is 10.1. The summed E-state index contributed by atoms with van der Waals surface area (Å²) >= 11 is 0. The van der Waals surface area contributed by atoms with E-state index in [0.29, 0.717) is 6.04 Å². The molecule has 0 atom stereocenters. The minimum absolute atomic E-state index is 0. The van der Waals surface area contributed by atoms with Gasteiger partial charge in [0, 0.05) is 44.4 Å². The Morgan fingerprint density at radius 1 is 1.19 bits per heavy atom. The van der Waals surface area contributed by atoms with Crippen molar-refractivity contribution < 1.29 is 4.74 Å². The zero-order valence-electron chi connectivity index (χ0n) is 17.2. The largest absolute Gasteiger partial charge is 0.381 e. The molecule has 0 bridgehead atoms. The maximum atomic E-state index is 5.57. The van der Waals surface area contributed by atoms with Crippen molar-refractivity contribution in [1.82, 2.24) is 20.4 Å². The van der Waals surface area contributed by atoms with Gasteiger partial charge in [0.05, 0.1) is 6.54 Å². The molecule has 2 rings (SSSR count). The van der Waals surface area contributed by atoms with Crippen LogP contribution in [0.25, 0.3) is 0 Å². The van der Waals surface area contributed by atoms with Crippen LogP contribution in [0.3, 0.4) is 0 Å². The molecule has 0 spiro atoms. The summed E-state index contributed by atoms with van der Waals surface area (Å²) in [5.74, 6) is 0.976. The van der Waals surface area contributed by atoms with Gasteiger partial charge in [0.25, 0.3) is 0 Å². The molecular formula is C19H40IN5O. The van der Waals surface area contributed by atoms with Crippen LogP contribution in [0.5, 0.6) is 0 Å². The summed E-state index contributed by atoms with van der Waals surface area (Å²) in [6.45, 7) is 11.4. The fourth-order valence-corrected chi connectivity index (χ4v) is 3.85. The highest BCUT2D eigenvalue weighted by atomic mass is 127. The maximum Gasteiger partial charge on any atom is 0.191 e. The predicted molar refractivity (Wildman–Crippen MR) is 121 cm³/mol. The lowest BCUT2D eigenvalue weighted by atomic mass is 9.89. The molecule has 0 aliphatic carbocycles. The number of piperidine rings is 1. The Kier molecular flexibility index (Phi) is 11.4. The van der Waals surface area contributed by atoms with Crippen molar-refractivity contribution in [2.75, 3.05) is 60.0 Å². The van der Waals surface area contributed by atoms with Crippen LogP contribution in [-0.4, -0.2) is 87.4 Å². The number of nitrogens with one attached hydrogen (secondary N) is 2. The van der Waals surface area contributed by atoms with Crippen LogP contribution < -0.4 is 10.6 Å². The lowest BCUT2D eigenvalue weighted by molar-refractivity contribution is -0.00256. The lowest BCUT2D eigenvalue weighted by Crippen LogP contribution is -2.53. The average Bonchev–Trinajstić information content (AvgIpc) is 2.62. The third-order valence-corrected chi connectivity index (χ3v) is 5.72. The number of nitrogens with zero attached hydrogens (tertiary/aromatic N) is 3. The Balaban J connectivity index is 0.00000338. The second kappa shape index (κ2) is 12.4. The molecule has 2 N–H and O–H groups in total. The molecule has 0 amide bonds. The van der Waals surface area contributed by atoms with Gasteiger partial charge in [0.15, 0.2) is 5.96 Å². The van der Waals surface area contributed by atoms with E-state index in [1.807, 2.05) is 0 Å². The topological polar surface area (TPSA) is 52.1 Å². The van der Waals surface area contributed by atoms with E-state index in [4.69, 9.17) is 9.73 Å². The molecule has 2 aliphatic rings. The second-order valence-electron chi connectivity index (χ2n) is 7.69. The molecule has 26 heavy (non-hydrogen) atoms. The first kappa shape index (κ1) is 23.9. The molecule has 2 aliphatic heterocycles. The Bertz CT molecular complexity index is 405. The van der Waals surface area contributed by atoms with E-state index in [1.165, 1.54) is 38.9 Å². The van der Waals surface area contributed by atoms with Crippen molar-refractivity contribution in [2.45, 2.75) is 57.5 Å². The molecule has 154 valence electrons. The number of ether oxygens (including phenoxy) is 1. The number of hydrogen-bond donors (Lipinski definition) is 2. The van der Waals surface area contributed by atoms with E-state index in [0.717, 1.165) is 45.1 Å². The molecule has 0 radical (unpaired) electrons. The van der Waals surface area contributed by atoms with Gasteiger partial charge in [0.2, 0.25) is 0 Å². The third kappa shape index (κ3) is 7.13. The fraction of sp³-hybridized carbons (Fsp3) is 0.947. The highest BCUT2D eigenvalue weighted by molar-refractivity contribution is 14.0. The van der Waals surface area contributed by atoms with Gasteiger partial charge in [-0.05, 0) is 59.7 Å². The van der Waals surface area contributed by atoms with Crippen LogP contribution in [0.2, 0.25) is 0 Å². The number of likely N-dealkylation sites (N-methyl/N-ethyl adjacent to an activating group) is 1. The van der Waals surface area contributed by atoms with Crippen LogP contribution in [-0.2, 0) is 4.74 Å². The molecule has 0 aromatic carbocycles. The summed E-state index contributed by atoms with van der Waals surface area (Å²) in [5.41, 5.74) is 0.130. The predicted octanol–water partition coefficient (Wildman–Crippen LogP) is 2.14. The summed E-state index contributed by atoms with van der Waals surface area (Å²) in [5, 5.41) is 7.12. The summed E-state index contributed by atoms with van der Waals surface area (Å²) in [6.07, 6.45) is 5.77. The summed E-state index contributed by atoms with van der Waals surface area (Å²) < 4.78 is 5.57. The quantitative estimate of drug-likeness (QED) is 0.332. The molecule has 0 aromatic heterocycles. The zero-order valence-corrected chi connectivity index (χ0v) is 19.6. The standard InChI is InChI=1S/C19H39N5O.HI/c1-5-11-24-12-7-17(8-13-24)22-18(20-6-2)21-16-19(23(3)4)9-14-25-15-10-19;/h17H,5-16H2,1-4H3,(H2,20,21,22);1H. The summed E-state index contributed by atoms with van der Waals surface area (Å²) in [6, 6.07) is 0.538. The van der Waals surface area contributed by atoms with Crippen molar-refractivity contribution >= 4 is 29.9 Å². The first-order chi connectivity index (χ1) is 12.1. The number of guanidine groups is 1. The van der Waals surface area contributed by atoms with Gasteiger partial charge in [-0.25, -0.2) is 0 Å². The van der Waals surface area contributed by atoms with Crippen LogP contribution in [0.4, 0.5) is 0 Å². The van der Waals surface area contributed by atoms with E-state index >= 15 is 0 Å². The van der Waals surface area contributed by atoms with E-state index < -0.39 is 0 Å². The molecule has 6 nitrogen and oxygen atoms in total. The molecule has 2 heterocycles. The van der Waals surface area contributed by atoms with Crippen LogP contribution in [0, 0.1) is 0 Å². The van der Waals surface area contributed by atoms with Crippen molar-refractivity contribution in [3.63, 3.8) is 0 Å². The summed E-state index contributed by atoms with van der Waals surface area (Å²) in [4.78, 5) is 9.88. The van der Waals surface area contributed by atoms with Gasteiger partial charge in [-0.15, -0.1) is 24.0 Å². The fourth-order valence-electron chi connectivity index (χ4n) is 3.85. The Morgan fingerprint density at radius 2 is 1.85 bits per heavy atom. The van der Waals surface area contributed by atoms with Crippen molar-refractivity contribution in [3.8, 4) is 0 Å². The van der Waals surface area contributed by atoms with Gasteiger partial charge in [-0.1, -0.05) is 6.92 Å². The lowest BCUT2D eigenvalue weighted by Gasteiger charge is -2.42. The smallest absolute Gasteiger partial charge is 0.191 e. The minimum atomic E-state index is 0. The molecule has 2 saturated heterocycles. The van der Waals surface area contributed by atoms with Crippen molar-refractivity contribution in [1.29, 1.82) is 0 Å². The Labute approximate surface area is 177 Å². The highest BCUT2D eigenvalue weighted by Crippen LogP contribution is 2.26. The number of hydrogen-bond acceptors (Lipinski definition) is 4. The van der Waals surface area contributed by atoms with Gasteiger partial charge in [-0.3, -0.25) is 4.99 Å². The van der Waals surface area contributed by atoms with Gasteiger partial charge in [-0.2, -0.15) is 0 Å². The monoisotopic (exact) mass is 481 g/mol. The van der Waals surface area contributed by atoms with Gasteiger partial charge in [0.1, 0.15) is 0 Å². The first-order valence-electron chi connectivity index (χ1n) is 10.1. The second-order valence-corrected chi connectivity index (χ2v) is 7.69. The van der Waals surface area contributed by atoms with Crippen LogP contribution >= 0.6 is 24.0 Å². The van der Waals surface area contributed by atoms with E-state index in [9.17, 15) is 0 Å². The third-order valence-electron chi connectivity index (χ3n) is 5.72. The molecule has 0 aromatic rings. The molecular weight excluding hydrogens is 441 g/mol.